The predicted molar refractivity (Wildman–Crippen MR) is 69.3 cm³/mol. The summed E-state index contributed by atoms with van der Waals surface area (Å²) in [6.45, 7) is 7.36. The molecule has 2 nitrogen and oxygen atoms in total. The number of ether oxygens (including phenoxy) is 1. The summed E-state index contributed by atoms with van der Waals surface area (Å²) < 4.78 is 5.93. The molecule has 0 heterocycles. The van der Waals surface area contributed by atoms with Crippen molar-refractivity contribution in [3.05, 3.63) is 29.8 Å². The van der Waals surface area contributed by atoms with Crippen molar-refractivity contribution in [3.63, 3.8) is 0 Å². The van der Waals surface area contributed by atoms with E-state index >= 15 is 0 Å². The Morgan fingerprint density at radius 1 is 1.31 bits per heavy atom. The number of anilines is 1. The van der Waals surface area contributed by atoms with Crippen LogP contribution >= 0.6 is 0 Å². The summed E-state index contributed by atoms with van der Waals surface area (Å²) in [5.74, 6) is 0.471. The van der Waals surface area contributed by atoms with Gasteiger partial charge in [-0.05, 0) is 30.0 Å². The maximum Gasteiger partial charge on any atom is 0.0848 e. The van der Waals surface area contributed by atoms with Crippen molar-refractivity contribution in [2.45, 2.75) is 39.7 Å². The molecule has 0 amide bonds. The lowest BCUT2D eigenvalue weighted by Crippen LogP contribution is -2.12. The van der Waals surface area contributed by atoms with Crippen LogP contribution in [0.15, 0.2) is 24.3 Å². The summed E-state index contributed by atoms with van der Waals surface area (Å²) in [5, 5.41) is 0. The first kappa shape index (κ1) is 13.0. The average Bonchev–Trinajstić information content (AvgIpc) is 2.24. The van der Waals surface area contributed by atoms with E-state index in [-0.39, 0.29) is 6.10 Å². The number of hydrogen-bond donors (Lipinski definition) is 1. The van der Waals surface area contributed by atoms with Crippen LogP contribution in [0, 0.1) is 5.92 Å². The van der Waals surface area contributed by atoms with E-state index in [2.05, 4.69) is 26.8 Å². The molecule has 1 aromatic carbocycles. The number of nitrogens with two attached hydrogens (primary N) is 1. The fourth-order valence-electron chi connectivity index (χ4n) is 1.76. The van der Waals surface area contributed by atoms with Gasteiger partial charge in [-0.15, -0.1) is 0 Å². The highest BCUT2D eigenvalue weighted by molar-refractivity contribution is 5.41. The summed E-state index contributed by atoms with van der Waals surface area (Å²) in [4.78, 5) is 0. The van der Waals surface area contributed by atoms with Crippen LogP contribution in [0.25, 0.3) is 0 Å². The Balaban J connectivity index is 2.69. The van der Waals surface area contributed by atoms with E-state index in [4.69, 9.17) is 10.5 Å². The highest BCUT2D eigenvalue weighted by Gasteiger charge is 2.16. The molecular formula is C14H23NO. The standard InChI is InChI=1S/C14H23NO/c1-4-5-9-16-14(11(2)3)12-7-6-8-13(15)10-12/h6-8,10-11,14H,4-5,9,15H2,1-3H3. The van der Waals surface area contributed by atoms with Crippen LogP contribution in [0.2, 0.25) is 0 Å². The molecule has 0 aliphatic rings. The van der Waals surface area contributed by atoms with Crippen LogP contribution < -0.4 is 5.73 Å². The van der Waals surface area contributed by atoms with Gasteiger partial charge in [-0.2, -0.15) is 0 Å². The molecule has 1 rings (SSSR count). The van der Waals surface area contributed by atoms with E-state index in [0.717, 1.165) is 18.7 Å². The molecule has 0 bridgehead atoms. The van der Waals surface area contributed by atoms with Crippen molar-refractivity contribution < 1.29 is 4.74 Å². The molecule has 0 aliphatic heterocycles. The second-order valence-electron chi connectivity index (χ2n) is 4.56. The zero-order valence-corrected chi connectivity index (χ0v) is 10.6. The summed E-state index contributed by atoms with van der Waals surface area (Å²) in [7, 11) is 0. The molecule has 0 saturated carbocycles. The maximum absolute atomic E-state index is 5.93. The third kappa shape index (κ3) is 3.86. The van der Waals surface area contributed by atoms with Crippen LogP contribution in [0.5, 0.6) is 0 Å². The molecule has 0 aromatic heterocycles. The Labute approximate surface area is 98.8 Å². The topological polar surface area (TPSA) is 35.2 Å². The Kier molecular flexibility index (Phi) is 5.33. The smallest absolute Gasteiger partial charge is 0.0848 e. The van der Waals surface area contributed by atoms with Gasteiger partial charge >= 0.3 is 0 Å². The SMILES string of the molecule is CCCCOC(c1cccc(N)c1)C(C)C. The molecule has 16 heavy (non-hydrogen) atoms. The quantitative estimate of drug-likeness (QED) is 0.586. The highest BCUT2D eigenvalue weighted by atomic mass is 16.5. The minimum absolute atomic E-state index is 0.162. The molecule has 0 saturated heterocycles. The largest absolute Gasteiger partial charge is 0.399 e. The van der Waals surface area contributed by atoms with Crippen LogP contribution in [-0.4, -0.2) is 6.61 Å². The van der Waals surface area contributed by atoms with E-state index in [1.54, 1.807) is 0 Å². The molecule has 90 valence electrons. The fourth-order valence-corrected chi connectivity index (χ4v) is 1.76. The third-order valence-electron chi connectivity index (χ3n) is 2.64. The monoisotopic (exact) mass is 221 g/mol. The first-order chi connectivity index (χ1) is 7.65. The molecule has 2 N–H and O–H groups in total. The maximum atomic E-state index is 5.93. The van der Waals surface area contributed by atoms with Gasteiger partial charge in [0.15, 0.2) is 0 Å². The Bertz CT molecular complexity index is 309. The second kappa shape index (κ2) is 6.54. The van der Waals surface area contributed by atoms with E-state index < -0.39 is 0 Å². The minimum atomic E-state index is 0.162. The number of rotatable bonds is 6. The van der Waals surface area contributed by atoms with E-state index in [1.165, 1.54) is 12.0 Å². The number of benzene rings is 1. The zero-order valence-electron chi connectivity index (χ0n) is 10.6. The normalized spacial score (nSPS) is 13.0. The molecule has 2 heteroatoms. The minimum Gasteiger partial charge on any atom is -0.399 e. The second-order valence-corrected chi connectivity index (χ2v) is 4.56. The molecule has 0 aliphatic carbocycles. The number of hydrogen-bond acceptors (Lipinski definition) is 2. The fraction of sp³-hybridized carbons (Fsp3) is 0.571. The molecular weight excluding hydrogens is 198 g/mol. The van der Waals surface area contributed by atoms with Gasteiger partial charge in [0, 0.05) is 12.3 Å². The summed E-state index contributed by atoms with van der Waals surface area (Å²) in [6.07, 6.45) is 2.45. The lowest BCUT2D eigenvalue weighted by atomic mass is 9.98. The lowest BCUT2D eigenvalue weighted by molar-refractivity contribution is 0.0195. The first-order valence-corrected chi connectivity index (χ1v) is 6.12. The van der Waals surface area contributed by atoms with Crippen molar-refractivity contribution in [2.24, 2.45) is 5.92 Å². The first-order valence-electron chi connectivity index (χ1n) is 6.12. The van der Waals surface area contributed by atoms with Crippen LogP contribution in [0.3, 0.4) is 0 Å². The third-order valence-corrected chi connectivity index (χ3v) is 2.64. The highest BCUT2D eigenvalue weighted by Crippen LogP contribution is 2.27. The van der Waals surface area contributed by atoms with Gasteiger partial charge in [0.05, 0.1) is 6.10 Å². The summed E-state index contributed by atoms with van der Waals surface area (Å²) >= 11 is 0. The molecule has 0 spiro atoms. The molecule has 0 fully saturated rings. The van der Waals surface area contributed by atoms with Crippen molar-refractivity contribution >= 4 is 5.69 Å². The summed E-state index contributed by atoms with van der Waals surface area (Å²) in [5.41, 5.74) is 7.79. The van der Waals surface area contributed by atoms with Crippen molar-refractivity contribution in [3.8, 4) is 0 Å². The van der Waals surface area contributed by atoms with E-state index in [0.29, 0.717) is 5.92 Å². The molecule has 0 radical (unpaired) electrons. The Hall–Kier alpha value is -1.02. The van der Waals surface area contributed by atoms with Crippen molar-refractivity contribution in [2.75, 3.05) is 12.3 Å². The van der Waals surface area contributed by atoms with Gasteiger partial charge in [-0.1, -0.05) is 39.3 Å². The molecule has 1 aromatic rings. The van der Waals surface area contributed by atoms with Gasteiger partial charge in [-0.3, -0.25) is 0 Å². The lowest BCUT2D eigenvalue weighted by Gasteiger charge is -2.22. The van der Waals surface area contributed by atoms with Crippen LogP contribution in [0.4, 0.5) is 5.69 Å². The number of nitrogen functional groups attached to an aromatic ring is 1. The zero-order chi connectivity index (χ0) is 12.0. The Morgan fingerprint density at radius 3 is 2.62 bits per heavy atom. The van der Waals surface area contributed by atoms with Crippen molar-refractivity contribution in [1.29, 1.82) is 0 Å². The van der Waals surface area contributed by atoms with E-state index in [1.807, 2.05) is 18.2 Å². The Morgan fingerprint density at radius 2 is 2.06 bits per heavy atom. The van der Waals surface area contributed by atoms with Gasteiger partial charge in [0.2, 0.25) is 0 Å². The van der Waals surface area contributed by atoms with Gasteiger partial charge < -0.3 is 10.5 Å². The van der Waals surface area contributed by atoms with Gasteiger partial charge in [-0.25, -0.2) is 0 Å². The van der Waals surface area contributed by atoms with Gasteiger partial charge in [0.25, 0.3) is 0 Å². The van der Waals surface area contributed by atoms with E-state index in [9.17, 15) is 0 Å². The van der Waals surface area contributed by atoms with Crippen molar-refractivity contribution in [1.82, 2.24) is 0 Å². The predicted octanol–water partition coefficient (Wildman–Crippen LogP) is 3.78. The van der Waals surface area contributed by atoms with Crippen LogP contribution in [-0.2, 0) is 4.74 Å². The average molecular weight is 221 g/mol. The summed E-state index contributed by atoms with van der Waals surface area (Å²) in [6, 6.07) is 8.00. The van der Waals surface area contributed by atoms with Crippen LogP contribution in [0.1, 0.15) is 45.3 Å². The molecule has 1 unspecified atom stereocenters. The van der Waals surface area contributed by atoms with Gasteiger partial charge in [0.1, 0.15) is 0 Å². The molecule has 1 atom stereocenters. The number of unbranched alkanes of at least 4 members (excludes halogenated alkanes) is 1.